The number of nitrogens with zero attached hydrogens (tertiary/aromatic N) is 2. The van der Waals surface area contributed by atoms with E-state index in [-0.39, 0.29) is 24.6 Å². The van der Waals surface area contributed by atoms with Gasteiger partial charge >= 0.3 is 0 Å². The number of likely N-dealkylation sites (tertiary alicyclic amines) is 1. The number of pyridine rings is 1. The maximum absolute atomic E-state index is 13.2. The number of hydrogen-bond donors (Lipinski definition) is 1. The van der Waals surface area contributed by atoms with Gasteiger partial charge in [-0.1, -0.05) is 31.5 Å². The largest absolute Gasteiger partial charge is 0.394 e. The maximum atomic E-state index is 13.2. The molecular weight excluding hydrogens is 312 g/mol. The van der Waals surface area contributed by atoms with Crippen LogP contribution in [0.15, 0.2) is 31.0 Å². The molecule has 1 aromatic heterocycles. The van der Waals surface area contributed by atoms with E-state index in [9.17, 15) is 9.90 Å². The summed E-state index contributed by atoms with van der Waals surface area (Å²) in [5.74, 6) is 0.0753. The lowest BCUT2D eigenvalue weighted by atomic mass is 9.74. The zero-order valence-electron chi connectivity index (χ0n) is 13.8. The van der Waals surface area contributed by atoms with Gasteiger partial charge in [0.2, 0.25) is 5.91 Å². The second-order valence-corrected chi connectivity index (χ2v) is 6.90. The Balaban J connectivity index is 2.39. The van der Waals surface area contributed by atoms with Crippen molar-refractivity contribution in [2.75, 3.05) is 6.61 Å². The van der Waals surface area contributed by atoms with Crippen molar-refractivity contribution in [1.29, 1.82) is 0 Å². The van der Waals surface area contributed by atoms with Crippen LogP contribution in [0.25, 0.3) is 0 Å². The zero-order chi connectivity index (χ0) is 17.0. The van der Waals surface area contributed by atoms with E-state index in [4.69, 9.17) is 11.6 Å². The summed E-state index contributed by atoms with van der Waals surface area (Å²) in [7, 11) is 0. The van der Waals surface area contributed by atoms with Gasteiger partial charge in [-0.2, -0.15) is 0 Å². The lowest BCUT2D eigenvalue weighted by molar-refractivity contribution is -0.154. The molecule has 3 unspecified atom stereocenters. The Morgan fingerprint density at radius 1 is 1.61 bits per heavy atom. The van der Waals surface area contributed by atoms with E-state index in [0.29, 0.717) is 17.9 Å². The number of allylic oxidation sites excluding steroid dienone is 1. The first-order valence-electron chi connectivity index (χ1n) is 8.12. The fraction of sp³-hybridized carbons (Fsp3) is 0.556. The van der Waals surface area contributed by atoms with E-state index in [1.807, 2.05) is 24.8 Å². The number of amides is 1. The minimum absolute atomic E-state index is 0.0451. The number of halogens is 1. The quantitative estimate of drug-likeness (QED) is 0.805. The molecule has 4 nitrogen and oxygen atoms in total. The third kappa shape index (κ3) is 3.59. The Kier molecular flexibility index (Phi) is 5.82. The first-order chi connectivity index (χ1) is 11.0. The molecule has 1 aliphatic heterocycles. The molecule has 1 fully saturated rings. The lowest BCUT2D eigenvalue weighted by Crippen LogP contribution is -2.54. The highest BCUT2D eigenvalue weighted by Gasteiger charge is 2.45. The summed E-state index contributed by atoms with van der Waals surface area (Å²) >= 11 is 5.93. The van der Waals surface area contributed by atoms with E-state index < -0.39 is 5.41 Å². The summed E-state index contributed by atoms with van der Waals surface area (Å²) < 4.78 is 0. The van der Waals surface area contributed by atoms with Crippen molar-refractivity contribution in [3.05, 3.63) is 41.7 Å². The Bertz CT molecular complexity index is 557. The molecule has 23 heavy (non-hydrogen) atoms. The van der Waals surface area contributed by atoms with Gasteiger partial charge in [-0.25, -0.2) is 0 Å². The van der Waals surface area contributed by atoms with Crippen LogP contribution in [-0.4, -0.2) is 33.5 Å². The molecular formula is C18H25ClN2O2. The third-order valence-electron chi connectivity index (χ3n) is 4.82. The maximum Gasteiger partial charge on any atom is 0.229 e. The fourth-order valence-electron chi connectivity index (χ4n) is 3.37. The first-order valence-corrected chi connectivity index (χ1v) is 8.50. The van der Waals surface area contributed by atoms with Crippen LogP contribution in [0, 0.1) is 5.41 Å². The van der Waals surface area contributed by atoms with Gasteiger partial charge in [0.15, 0.2) is 0 Å². The molecule has 1 aromatic rings. The monoisotopic (exact) mass is 336 g/mol. The molecule has 2 rings (SSSR count). The molecule has 1 aliphatic rings. The predicted molar refractivity (Wildman–Crippen MR) is 92.2 cm³/mol. The number of hydrogen-bond acceptors (Lipinski definition) is 3. The minimum Gasteiger partial charge on any atom is -0.394 e. The van der Waals surface area contributed by atoms with Crippen molar-refractivity contribution in [3.8, 4) is 0 Å². The van der Waals surface area contributed by atoms with E-state index in [0.717, 1.165) is 18.5 Å². The number of aliphatic hydroxyl groups is 1. The van der Waals surface area contributed by atoms with Crippen molar-refractivity contribution in [2.24, 2.45) is 5.41 Å². The summed E-state index contributed by atoms with van der Waals surface area (Å²) in [5, 5.41) is 10.3. The molecule has 0 saturated carbocycles. The van der Waals surface area contributed by atoms with Gasteiger partial charge < -0.3 is 10.0 Å². The Morgan fingerprint density at radius 2 is 2.35 bits per heavy atom. The van der Waals surface area contributed by atoms with Crippen molar-refractivity contribution in [2.45, 2.75) is 51.6 Å². The molecule has 5 heteroatoms. The average molecular weight is 337 g/mol. The predicted octanol–water partition coefficient (Wildman–Crippen LogP) is 3.75. The summed E-state index contributed by atoms with van der Waals surface area (Å²) in [6.45, 7) is 7.71. The number of carbonyl (C=O) groups is 1. The molecule has 0 bridgehead atoms. The van der Waals surface area contributed by atoms with Crippen LogP contribution in [0.3, 0.4) is 0 Å². The molecule has 0 spiro atoms. The zero-order valence-corrected chi connectivity index (χ0v) is 14.6. The minimum atomic E-state index is -0.451. The Labute approximate surface area is 143 Å². The van der Waals surface area contributed by atoms with Gasteiger partial charge in [0.05, 0.1) is 34.8 Å². The van der Waals surface area contributed by atoms with E-state index in [1.165, 1.54) is 0 Å². The lowest BCUT2D eigenvalue weighted by Gasteiger charge is -2.47. The van der Waals surface area contributed by atoms with Crippen molar-refractivity contribution in [1.82, 2.24) is 9.88 Å². The SMILES string of the molecule is C=CCC1(C)CCC(c2ccc(Cl)cn2)N(C(CC)CO)C1=O. The topological polar surface area (TPSA) is 53.4 Å². The van der Waals surface area contributed by atoms with Crippen molar-refractivity contribution in [3.63, 3.8) is 0 Å². The van der Waals surface area contributed by atoms with Crippen LogP contribution in [-0.2, 0) is 4.79 Å². The highest BCUT2D eigenvalue weighted by molar-refractivity contribution is 6.30. The third-order valence-corrected chi connectivity index (χ3v) is 5.04. The van der Waals surface area contributed by atoms with E-state index in [1.54, 1.807) is 18.3 Å². The Morgan fingerprint density at radius 3 is 2.87 bits per heavy atom. The highest BCUT2D eigenvalue weighted by Crippen LogP contribution is 2.43. The molecule has 2 heterocycles. The summed E-state index contributed by atoms with van der Waals surface area (Å²) in [6, 6.07) is 3.35. The van der Waals surface area contributed by atoms with E-state index in [2.05, 4.69) is 11.6 Å². The summed E-state index contributed by atoms with van der Waals surface area (Å²) in [5.41, 5.74) is 0.378. The van der Waals surface area contributed by atoms with Crippen LogP contribution in [0.2, 0.25) is 5.02 Å². The van der Waals surface area contributed by atoms with Gasteiger partial charge in [0.25, 0.3) is 0 Å². The standard InChI is InChI=1S/C18H25ClN2O2/c1-4-9-18(3)10-8-16(15-7-6-13(19)11-20-15)21(17(18)23)14(5-2)12-22/h4,6-7,11,14,16,22H,1,5,8-10,12H2,2-3H3. The van der Waals surface area contributed by atoms with Gasteiger partial charge in [0, 0.05) is 6.20 Å². The number of rotatable bonds is 6. The number of aromatic nitrogens is 1. The molecule has 1 N–H and O–H groups in total. The molecule has 126 valence electrons. The molecule has 1 amide bonds. The normalized spacial score (nSPS) is 26.2. The van der Waals surface area contributed by atoms with Crippen LogP contribution >= 0.6 is 11.6 Å². The second-order valence-electron chi connectivity index (χ2n) is 6.47. The molecule has 3 atom stereocenters. The van der Waals surface area contributed by atoms with Gasteiger partial charge in [-0.05, 0) is 37.8 Å². The first kappa shape index (κ1) is 18.0. The van der Waals surface area contributed by atoms with Crippen molar-refractivity contribution < 1.29 is 9.90 Å². The van der Waals surface area contributed by atoms with Crippen LogP contribution in [0.4, 0.5) is 0 Å². The van der Waals surface area contributed by atoms with Crippen LogP contribution < -0.4 is 0 Å². The molecule has 0 aromatic carbocycles. The van der Waals surface area contributed by atoms with Gasteiger partial charge in [-0.15, -0.1) is 6.58 Å². The molecule has 0 aliphatic carbocycles. The number of carbonyl (C=O) groups excluding carboxylic acids is 1. The smallest absolute Gasteiger partial charge is 0.229 e. The summed E-state index contributed by atoms with van der Waals surface area (Å²) in [6.07, 6.45) is 6.36. The highest BCUT2D eigenvalue weighted by atomic mass is 35.5. The fourth-order valence-corrected chi connectivity index (χ4v) is 3.48. The average Bonchev–Trinajstić information content (AvgIpc) is 2.54. The number of piperidine rings is 1. The molecule has 1 saturated heterocycles. The van der Waals surface area contributed by atoms with E-state index >= 15 is 0 Å². The summed E-state index contributed by atoms with van der Waals surface area (Å²) in [4.78, 5) is 19.4. The Hall–Kier alpha value is -1.39. The van der Waals surface area contributed by atoms with Gasteiger partial charge in [0.1, 0.15) is 0 Å². The number of aliphatic hydroxyl groups excluding tert-OH is 1. The van der Waals surface area contributed by atoms with Gasteiger partial charge in [-0.3, -0.25) is 9.78 Å². The van der Waals surface area contributed by atoms with Crippen LogP contribution in [0.1, 0.15) is 51.3 Å². The van der Waals surface area contributed by atoms with Crippen LogP contribution in [0.5, 0.6) is 0 Å². The molecule has 0 radical (unpaired) electrons. The van der Waals surface area contributed by atoms with Crippen molar-refractivity contribution >= 4 is 17.5 Å². The second kappa shape index (κ2) is 7.45.